The first-order valence-corrected chi connectivity index (χ1v) is 5.61. The van der Waals surface area contributed by atoms with Crippen molar-refractivity contribution in [3.63, 3.8) is 0 Å². The van der Waals surface area contributed by atoms with E-state index in [-0.39, 0.29) is 22.0 Å². The molecule has 0 amide bonds. The molecule has 2 aromatic heterocycles. The molecule has 0 unspecified atom stereocenters. The van der Waals surface area contributed by atoms with Crippen molar-refractivity contribution in [2.75, 3.05) is 0 Å². The lowest BCUT2D eigenvalue weighted by Gasteiger charge is -2.00. The zero-order chi connectivity index (χ0) is 13.6. The molecule has 0 spiro atoms. The molecule has 0 fully saturated rings. The molecule has 3 N–H and O–H groups in total. The minimum absolute atomic E-state index is 0.0871. The Bertz CT molecular complexity index is 896. The summed E-state index contributed by atoms with van der Waals surface area (Å²) in [7, 11) is 0. The molecule has 0 aliphatic carbocycles. The summed E-state index contributed by atoms with van der Waals surface area (Å²) in [5.41, 5.74) is -0.789. The van der Waals surface area contributed by atoms with Gasteiger partial charge >= 0.3 is 5.69 Å². The van der Waals surface area contributed by atoms with Crippen LogP contribution in [-0.4, -0.2) is 19.9 Å². The SMILES string of the molecule is O=c1[nH]c(=O)c2[nH]c(-c3cccc(F)c3Cl)nc2[nH]1. The van der Waals surface area contributed by atoms with E-state index in [4.69, 9.17) is 11.6 Å². The number of imidazole rings is 1. The number of hydrogen-bond donors (Lipinski definition) is 3. The molecule has 0 radical (unpaired) electrons. The molecule has 0 bridgehead atoms. The largest absolute Gasteiger partial charge is 0.332 e. The molecule has 96 valence electrons. The van der Waals surface area contributed by atoms with Gasteiger partial charge < -0.3 is 4.98 Å². The van der Waals surface area contributed by atoms with Crippen LogP contribution in [0.1, 0.15) is 0 Å². The molecule has 6 nitrogen and oxygen atoms in total. The van der Waals surface area contributed by atoms with Gasteiger partial charge in [-0.3, -0.25) is 14.8 Å². The normalized spacial score (nSPS) is 11.1. The highest BCUT2D eigenvalue weighted by Gasteiger charge is 2.13. The number of H-pyrrole nitrogens is 3. The van der Waals surface area contributed by atoms with Crippen molar-refractivity contribution in [2.45, 2.75) is 0 Å². The Kier molecular flexibility index (Phi) is 2.49. The Hall–Kier alpha value is -2.41. The molecular formula is C11H6ClFN4O2. The topological polar surface area (TPSA) is 94.4 Å². The van der Waals surface area contributed by atoms with Gasteiger partial charge in [-0.2, -0.15) is 0 Å². The number of aromatic amines is 3. The second-order valence-corrected chi connectivity index (χ2v) is 4.20. The molecule has 8 heteroatoms. The Morgan fingerprint density at radius 2 is 1.95 bits per heavy atom. The number of benzene rings is 1. The first-order chi connectivity index (χ1) is 9.06. The Morgan fingerprint density at radius 1 is 1.16 bits per heavy atom. The summed E-state index contributed by atoms with van der Waals surface area (Å²) in [6.07, 6.45) is 0. The van der Waals surface area contributed by atoms with E-state index in [0.717, 1.165) is 0 Å². The molecule has 2 heterocycles. The van der Waals surface area contributed by atoms with Crippen LogP contribution in [0.25, 0.3) is 22.6 Å². The van der Waals surface area contributed by atoms with Gasteiger partial charge in [0, 0.05) is 5.56 Å². The lowest BCUT2D eigenvalue weighted by molar-refractivity contribution is 0.628. The summed E-state index contributed by atoms with van der Waals surface area (Å²) >= 11 is 5.83. The van der Waals surface area contributed by atoms with Crippen molar-refractivity contribution >= 4 is 22.8 Å². The van der Waals surface area contributed by atoms with Crippen LogP contribution in [0.3, 0.4) is 0 Å². The maximum Gasteiger partial charge on any atom is 0.327 e. The first kappa shape index (κ1) is 11.7. The lowest BCUT2D eigenvalue weighted by Crippen LogP contribution is -2.21. The predicted molar refractivity (Wildman–Crippen MR) is 67.7 cm³/mol. The second-order valence-electron chi connectivity index (χ2n) is 3.82. The summed E-state index contributed by atoms with van der Waals surface area (Å²) in [4.78, 5) is 33.8. The van der Waals surface area contributed by atoms with E-state index < -0.39 is 17.1 Å². The smallest absolute Gasteiger partial charge is 0.327 e. The van der Waals surface area contributed by atoms with E-state index in [0.29, 0.717) is 5.56 Å². The van der Waals surface area contributed by atoms with Crippen LogP contribution in [0, 0.1) is 5.82 Å². The van der Waals surface area contributed by atoms with Crippen molar-refractivity contribution in [3.8, 4) is 11.4 Å². The molecular weight excluding hydrogens is 275 g/mol. The highest BCUT2D eigenvalue weighted by Crippen LogP contribution is 2.28. The van der Waals surface area contributed by atoms with Gasteiger partial charge in [0.25, 0.3) is 5.56 Å². The molecule has 0 atom stereocenters. The first-order valence-electron chi connectivity index (χ1n) is 5.23. The minimum atomic E-state index is -0.666. The van der Waals surface area contributed by atoms with Crippen molar-refractivity contribution in [3.05, 3.63) is 49.9 Å². The summed E-state index contributed by atoms with van der Waals surface area (Å²) in [6, 6.07) is 4.23. The average Bonchev–Trinajstić information content (AvgIpc) is 2.76. The fourth-order valence-electron chi connectivity index (χ4n) is 1.75. The van der Waals surface area contributed by atoms with Crippen LogP contribution in [0.15, 0.2) is 27.8 Å². The number of nitrogens with one attached hydrogen (secondary N) is 3. The zero-order valence-electron chi connectivity index (χ0n) is 9.25. The maximum absolute atomic E-state index is 13.4. The summed E-state index contributed by atoms with van der Waals surface area (Å²) in [5.74, 6) is -0.395. The van der Waals surface area contributed by atoms with Crippen LogP contribution in [0.2, 0.25) is 5.02 Å². The third-order valence-electron chi connectivity index (χ3n) is 2.60. The molecule has 0 aliphatic heterocycles. The number of halogens is 2. The molecule has 0 aliphatic rings. The number of fused-ring (bicyclic) bond motifs is 1. The van der Waals surface area contributed by atoms with Crippen molar-refractivity contribution in [2.24, 2.45) is 0 Å². The fourth-order valence-corrected chi connectivity index (χ4v) is 1.96. The number of rotatable bonds is 1. The van der Waals surface area contributed by atoms with Gasteiger partial charge in [0.2, 0.25) is 0 Å². The molecule has 0 saturated heterocycles. The van der Waals surface area contributed by atoms with Crippen molar-refractivity contribution < 1.29 is 4.39 Å². The number of hydrogen-bond acceptors (Lipinski definition) is 3. The Labute approximate surface area is 109 Å². The van der Waals surface area contributed by atoms with Gasteiger partial charge in [-0.15, -0.1) is 0 Å². The van der Waals surface area contributed by atoms with Crippen molar-refractivity contribution in [1.29, 1.82) is 0 Å². The van der Waals surface area contributed by atoms with Gasteiger partial charge in [-0.1, -0.05) is 17.7 Å². The maximum atomic E-state index is 13.4. The number of aromatic nitrogens is 4. The van der Waals surface area contributed by atoms with Gasteiger partial charge in [-0.05, 0) is 12.1 Å². The van der Waals surface area contributed by atoms with Gasteiger partial charge in [-0.25, -0.2) is 14.2 Å². The molecule has 3 aromatic rings. The Morgan fingerprint density at radius 3 is 2.74 bits per heavy atom. The van der Waals surface area contributed by atoms with E-state index in [9.17, 15) is 14.0 Å². The van der Waals surface area contributed by atoms with Gasteiger partial charge in [0.05, 0.1) is 5.02 Å². The fraction of sp³-hybridized carbons (Fsp3) is 0. The van der Waals surface area contributed by atoms with E-state index in [1.807, 2.05) is 0 Å². The van der Waals surface area contributed by atoms with E-state index in [2.05, 4.69) is 19.9 Å². The number of nitrogens with zero attached hydrogens (tertiary/aromatic N) is 1. The molecule has 19 heavy (non-hydrogen) atoms. The van der Waals surface area contributed by atoms with Gasteiger partial charge in [0.15, 0.2) is 5.65 Å². The van der Waals surface area contributed by atoms with E-state index >= 15 is 0 Å². The standard InChI is InChI=1S/C11H6ClFN4O2/c12-6-4(2-1-3-5(6)13)8-14-7-9(15-8)16-11(19)17-10(7)18/h1-3H,(H3,14,15,16,17,18,19). The summed E-state index contributed by atoms with van der Waals surface area (Å²) in [6.45, 7) is 0. The van der Waals surface area contributed by atoms with Crippen LogP contribution in [0.5, 0.6) is 0 Å². The van der Waals surface area contributed by atoms with Crippen molar-refractivity contribution in [1.82, 2.24) is 19.9 Å². The zero-order valence-corrected chi connectivity index (χ0v) is 10.0. The lowest BCUT2D eigenvalue weighted by atomic mass is 10.2. The van der Waals surface area contributed by atoms with Gasteiger partial charge in [0.1, 0.15) is 17.2 Å². The van der Waals surface area contributed by atoms with Crippen LogP contribution < -0.4 is 11.2 Å². The van der Waals surface area contributed by atoms with Crippen LogP contribution >= 0.6 is 11.6 Å². The predicted octanol–water partition coefficient (Wildman–Crippen LogP) is 1.40. The summed E-state index contributed by atoms with van der Waals surface area (Å²) < 4.78 is 13.4. The minimum Gasteiger partial charge on any atom is -0.332 e. The van der Waals surface area contributed by atoms with E-state index in [1.165, 1.54) is 12.1 Å². The molecule has 0 saturated carbocycles. The molecule has 3 rings (SSSR count). The van der Waals surface area contributed by atoms with Crippen LogP contribution in [-0.2, 0) is 0 Å². The monoisotopic (exact) mass is 280 g/mol. The Balaban J connectivity index is 2.33. The highest BCUT2D eigenvalue weighted by molar-refractivity contribution is 6.33. The second kappa shape index (κ2) is 4.06. The average molecular weight is 281 g/mol. The highest BCUT2D eigenvalue weighted by atomic mass is 35.5. The third-order valence-corrected chi connectivity index (χ3v) is 2.98. The summed E-state index contributed by atoms with van der Waals surface area (Å²) in [5, 5.41) is -0.111. The third kappa shape index (κ3) is 1.84. The molecule has 1 aromatic carbocycles. The van der Waals surface area contributed by atoms with Crippen LogP contribution in [0.4, 0.5) is 4.39 Å². The van der Waals surface area contributed by atoms with E-state index in [1.54, 1.807) is 6.07 Å². The quantitative estimate of drug-likeness (QED) is 0.629.